The number of nitrogens with one attached hydrogen (secondary N) is 1. The number of hydrogen-bond acceptors (Lipinski definition) is 3. The van der Waals surface area contributed by atoms with Crippen molar-refractivity contribution in [2.45, 2.75) is 38.6 Å². The van der Waals surface area contributed by atoms with Crippen molar-refractivity contribution >= 4 is 0 Å². The molecule has 2 heterocycles. The topological polar surface area (TPSA) is 24.5 Å². The van der Waals surface area contributed by atoms with E-state index in [0.29, 0.717) is 12.0 Å². The molecule has 2 unspecified atom stereocenters. The highest BCUT2D eigenvalue weighted by Crippen LogP contribution is 2.35. The van der Waals surface area contributed by atoms with E-state index in [-0.39, 0.29) is 0 Å². The molecule has 0 aromatic heterocycles. The van der Waals surface area contributed by atoms with E-state index in [0.717, 1.165) is 37.9 Å². The number of rotatable bonds is 6. The van der Waals surface area contributed by atoms with Gasteiger partial charge in [0.25, 0.3) is 0 Å². The van der Waals surface area contributed by atoms with E-state index in [9.17, 15) is 0 Å². The summed E-state index contributed by atoms with van der Waals surface area (Å²) in [5.41, 5.74) is 1.40. The van der Waals surface area contributed by atoms with Gasteiger partial charge in [0.2, 0.25) is 0 Å². The van der Waals surface area contributed by atoms with Gasteiger partial charge in [0, 0.05) is 30.6 Å². The lowest BCUT2D eigenvalue weighted by molar-refractivity contribution is 0.214. The summed E-state index contributed by atoms with van der Waals surface area (Å²) >= 11 is 0. The SMILES string of the molecule is CC(C)CNCC1CCCN1CC1COc2ccccc21. The molecule has 21 heavy (non-hydrogen) atoms. The largest absolute Gasteiger partial charge is 0.493 e. The molecule has 3 heteroatoms. The highest BCUT2D eigenvalue weighted by Gasteiger charge is 2.30. The Bertz CT molecular complexity index is 460. The highest BCUT2D eigenvalue weighted by molar-refractivity contribution is 5.39. The van der Waals surface area contributed by atoms with Crippen LogP contribution in [0.25, 0.3) is 0 Å². The smallest absolute Gasteiger partial charge is 0.122 e. The van der Waals surface area contributed by atoms with Crippen LogP contribution in [0.2, 0.25) is 0 Å². The molecule has 2 aliphatic rings. The second-order valence-electron chi connectivity index (χ2n) is 6.89. The van der Waals surface area contributed by atoms with E-state index in [1.165, 1.54) is 24.9 Å². The molecule has 3 rings (SSSR count). The first-order valence-corrected chi connectivity index (χ1v) is 8.40. The summed E-state index contributed by atoms with van der Waals surface area (Å²) in [7, 11) is 0. The van der Waals surface area contributed by atoms with E-state index in [2.05, 4.69) is 48.3 Å². The quantitative estimate of drug-likeness (QED) is 0.871. The number of para-hydroxylation sites is 1. The fraction of sp³-hybridized carbons (Fsp3) is 0.667. The lowest BCUT2D eigenvalue weighted by Gasteiger charge is -2.27. The van der Waals surface area contributed by atoms with Gasteiger partial charge in [-0.1, -0.05) is 32.0 Å². The zero-order valence-corrected chi connectivity index (χ0v) is 13.3. The van der Waals surface area contributed by atoms with Crippen LogP contribution < -0.4 is 10.1 Å². The molecule has 1 aromatic carbocycles. The molecule has 1 fully saturated rings. The van der Waals surface area contributed by atoms with Crippen LogP contribution in [0.1, 0.15) is 38.2 Å². The molecule has 1 aromatic rings. The molecule has 3 nitrogen and oxygen atoms in total. The Labute approximate surface area is 128 Å². The van der Waals surface area contributed by atoms with Crippen LogP contribution in [0, 0.1) is 5.92 Å². The molecule has 0 amide bonds. The maximum Gasteiger partial charge on any atom is 0.122 e. The Morgan fingerprint density at radius 3 is 3.05 bits per heavy atom. The van der Waals surface area contributed by atoms with Crippen molar-refractivity contribution in [3.8, 4) is 5.75 Å². The molecule has 2 atom stereocenters. The van der Waals surface area contributed by atoms with Crippen LogP contribution in [-0.4, -0.2) is 43.7 Å². The summed E-state index contributed by atoms with van der Waals surface area (Å²) in [6.07, 6.45) is 2.67. The Kier molecular flexibility index (Phi) is 4.81. The molecule has 1 saturated heterocycles. The van der Waals surface area contributed by atoms with Crippen LogP contribution in [0.15, 0.2) is 24.3 Å². The molecule has 2 aliphatic heterocycles. The second-order valence-corrected chi connectivity index (χ2v) is 6.89. The van der Waals surface area contributed by atoms with Gasteiger partial charge in [-0.2, -0.15) is 0 Å². The maximum absolute atomic E-state index is 5.83. The van der Waals surface area contributed by atoms with Crippen LogP contribution in [-0.2, 0) is 0 Å². The summed E-state index contributed by atoms with van der Waals surface area (Å²) in [5.74, 6) is 2.37. The van der Waals surface area contributed by atoms with Gasteiger partial charge in [-0.05, 0) is 37.9 Å². The van der Waals surface area contributed by atoms with E-state index >= 15 is 0 Å². The second kappa shape index (κ2) is 6.80. The van der Waals surface area contributed by atoms with Crippen LogP contribution in [0.4, 0.5) is 0 Å². The molecule has 0 saturated carbocycles. The molecule has 0 spiro atoms. The average Bonchev–Trinajstić information content (AvgIpc) is 3.07. The fourth-order valence-electron chi connectivity index (χ4n) is 3.57. The van der Waals surface area contributed by atoms with Crippen LogP contribution in [0.3, 0.4) is 0 Å². The molecule has 0 aliphatic carbocycles. The van der Waals surface area contributed by atoms with Crippen LogP contribution >= 0.6 is 0 Å². The third kappa shape index (κ3) is 3.58. The summed E-state index contributed by atoms with van der Waals surface area (Å²) in [6.45, 7) is 10.0. The summed E-state index contributed by atoms with van der Waals surface area (Å²) in [4.78, 5) is 2.67. The minimum atomic E-state index is 0.548. The number of benzene rings is 1. The highest BCUT2D eigenvalue weighted by atomic mass is 16.5. The maximum atomic E-state index is 5.83. The van der Waals surface area contributed by atoms with Crippen molar-refractivity contribution in [1.82, 2.24) is 10.2 Å². The Morgan fingerprint density at radius 1 is 1.33 bits per heavy atom. The van der Waals surface area contributed by atoms with Crippen molar-refractivity contribution in [3.05, 3.63) is 29.8 Å². The van der Waals surface area contributed by atoms with Gasteiger partial charge < -0.3 is 10.1 Å². The van der Waals surface area contributed by atoms with Gasteiger partial charge in [-0.25, -0.2) is 0 Å². The monoisotopic (exact) mass is 288 g/mol. The minimum Gasteiger partial charge on any atom is -0.493 e. The molecule has 1 N–H and O–H groups in total. The molecular weight excluding hydrogens is 260 g/mol. The molecule has 0 bridgehead atoms. The molecule has 0 radical (unpaired) electrons. The first-order chi connectivity index (χ1) is 10.2. The average molecular weight is 288 g/mol. The number of nitrogens with zero attached hydrogens (tertiary/aromatic N) is 1. The number of likely N-dealkylation sites (tertiary alicyclic amines) is 1. The van der Waals surface area contributed by atoms with E-state index in [1.807, 2.05) is 0 Å². The van der Waals surface area contributed by atoms with Gasteiger partial charge >= 0.3 is 0 Å². The normalized spacial score (nSPS) is 25.3. The third-order valence-electron chi connectivity index (χ3n) is 4.69. The van der Waals surface area contributed by atoms with E-state index in [4.69, 9.17) is 4.74 Å². The summed E-state index contributed by atoms with van der Waals surface area (Å²) < 4.78 is 5.83. The number of fused-ring (bicyclic) bond motifs is 1. The van der Waals surface area contributed by atoms with Crippen molar-refractivity contribution in [2.24, 2.45) is 5.92 Å². The molecular formula is C18H28N2O. The van der Waals surface area contributed by atoms with E-state index < -0.39 is 0 Å². The minimum absolute atomic E-state index is 0.548. The van der Waals surface area contributed by atoms with Gasteiger partial charge in [-0.15, -0.1) is 0 Å². The predicted molar refractivity (Wildman–Crippen MR) is 87.0 cm³/mol. The lowest BCUT2D eigenvalue weighted by Crippen LogP contribution is -2.41. The number of ether oxygens (including phenoxy) is 1. The van der Waals surface area contributed by atoms with Crippen molar-refractivity contribution in [1.29, 1.82) is 0 Å². The van der Waals surface area contributed by atoms with Gasteiger partial charge in [0.15, 0.2) is 0 Å². The predicted octanol–water partition coefficient (Wildman–Crippen LogP) is 2.87. The third-order valence-corrected chi connectivity index (χ3v) is 4.69. The Hall–Kier alpha value is -1.06. The Balaban J connectivity index is 1.55. The van der Waals surface area contributed by atoms with Gasteiger partial charge in [-0.3, -0.25) is 4.90 Å². The molecule has 116 valence electrons. The van der Waals surface area contributed by atoms with Gasteiger partial charge in [0.05, 0.1) is 6.61 Å². The summed E-state index contributed by atoms with van der Waals surface area (Å²) in [5, 5.41) is 3.63. The fourth-order valence-corrected chi connectivity index (χ4v) is 3.57. The lowest BCUT2D eigenvalue weighted by atomic mass is 10.0. The first-order valence-electron chi connectivity index (χ1n) is 8.40. The zero-order valence-electron chi connectivity index (χ0n) is 13.3. The standard InChI is InChI=1S/C18H28N2O/c1-14(2)10-19-11-16-6-5-9-20(16)12-15-13-21-18-8-4-3-7-17(15)18/h3-4,7-8,14-16,19H,5-6,9-13H2,1-2H3. The van der Waals surface area contributed by atoms with Crippen molar-refractivity contribution < 1.29 is 4.74 Å². The number of hydrogen-bond donors (Lipinski definition) is 1. The van der Waals surface area contributed by atoms with Gasteiger partial charge in [0.1, 0.15) is 5.75 Å². The van der Waals surface area contributed by atoms with Crippen molar-refractivity contribution in [3.63, 3.8) is 0 Å². The Morgan fingerprint density at radius 2 is 2.19 bits per heavy atom. The summed E-state index contributed by atoms with van der Waals surface area (Å²) in [6, 6.07) is 9.23. The van der Waals surface area contributed by atoms with E-state index in [1.54, 1.807) is 0 Å². The van der Waals surface area contributed by atoms with Crippen molar-refractivity contribution in [2.75, 3.05) is 32.8 Å². The first kappa shape index (κ1) is 14.9. The zero-order chi connectivity index (χ0) is 14.7. The van der Waals surface area contributed by atoms with Crippen LogP contribution in [0.5, 0.6) is 5.75 Å².